The van der Waals surface area contributed by atoms with Gasteiger partial charge in [-0.2, -0.15) is 0 Å². The van der Waals surface area contributed by atoms with Crippen molar-refractivity contribution in [1.82, 2.24) is 0 Å². The molecule has 0 saturated heterocycles. The van der Waals surface area contributed by atoms with E-state index in [0.29, 0.717) is 5.56 Å². The van der Waals surface area contributed by atoms with E-state index in [2.05, 4.69) is 0 Å². The number of ether oxygens (including phenoxy) is 1. The van der Waals surface area contributed by atoms with Crippen molar-refractivity contribution in [3.63, 3.8) is 0 Å². The van der Waals surface area contributed by atoms with E-state index in [1.165, 1.54) is 36.4 Å². The molecule has 0 aliphatic rings. The van der Waals surface area contributed by atoms with Crippen molar-refractivity contribution in [2.45, 2.75) is 0 Å². The number of rotatable bonds is 5. The normalized spacial score (nSPS) is 10.5. The predicted molar refractivity (Wildman–Crippen MR) is 86.2 cm³/mol. The predicted octanol–water partition coefficient (Wildman–Crippen LogP) is 3.57. The highest BCUT2D eigenvalue weighted by Crippen LogP contribution is 2.23. The number of benzene rings is 2. The van der Waals surface area contributed by atoms with Gasteiger partial charge in [0.2, 0.25) is 0 Å². The molecule has 0 unspecified atom stereocenters. The van der Waals surface area contributed by atoms with Gasteiger partial charge in [0.15, 0.2) is 0 Å². The molecule has 122 valence electrons. The molecular weight excluding hydrogens is 338 g/mol. The van der Waals surface area contributed by atoms with Crippen molar-refractivity contribution in [3.05, 3.63) is 74.8 Å². The maximum absolute atomic E-state index is 11.8. The number of carbonyl (C=O) groups excluding carboxylic acids is 1. The van der Waals surface area contributed by atoms with Crippen molar-refractivity contribution < 1.29 is 24.4 Å². The summed E-state index contributed by atoms with van der Waals surface area (Å²) in [7, 11) is 0. The fourth-order valence-corrected chi connectivity index (χ4v) is 1.98. The van der Waals surface area contributed by atoms with Crippen molar-refractivity contribution >= 4 is 35.3 Å². The molecule has 0 aliphatic carbocycles. The Bertz CT molecular complexity index is 846. The summed E-state index contributed by atoms with van der Waals surface area (Å²) in [5, 5.41) is 19.9. The number of non-ortho nitro benzene ring substituents is 1. The van der Waals surface area contributed by atoms with E-state index < -0.39 is 16.9 Å². The van der Waals surface area contributed by atoms with E-state index in [1.54, 1.807) is 6.07 Å². The fourth-order valence-electron chi connectivity index (χ4n) is 1.81. The van der Waals surface area contributed by atoms with Crippen LogP contribution >= 0.6 is 11.6 Å². The summed E-state index contributed by atoms with van der Waals surface area (Å²) in [5.41, 5.74) is 0.0618. The maximum Gasteiger partial charge on any atom is 0.339 e. The highest BCUT2D eigenvalue weighted by Gasteiger charge is 2.14. The number of carbonyl (C=O) groups is 2. The van der Waals surface area contributed by atoms with Crippen LogP contribution in [0.25, 0.3) is 6.08 Å². The molecule has 2 aromatic carbocycles. The van der Waals surface area contributed by atoms with Crippen LogP contribution in [0, 0.1) is 10.1 Å². The molecule has 7 nitrogen and oxygen atoms in total. The summed E-state index contributed by atoms with van der Waals surface area (Å²) in [4.78, 5) is 33.0. The number of hydrogen-bond donors (Lipinski definition) is 1. The van der Waals surface area contributed by atoms with Crippen molar-refractivity contribution in [3.8, 4) is 5.75 Å². The van der Waals surface area contributed by atoms with Gasteiger partial charge in [-0.05, 0) is 29.8 Å². The Balaban J connectivity index is 2.15. The lowest BCUT2D eigenvalue weighted by molar-refractivity contribution is -0.384. The molecule has 0 amide bonds. The van der Waals surface area contributed by atoms with Crippen LogP contribution in [0.15, 0.2) is 48.5 Å². The molecule has 24 heavy (non-hydrogen) atoms. The minimum absolute atomic E-state index is 0.114. The van der Waals surface area contributed by atoms with Crippen LogP contribution in [-0.2, 0) is 4.79 Å². The average molecular weight is 348 g/mol. The third kappa shape index (κ3) is 4.40. The Morgan fingerprint density at radius 2 is 1.96 bits per heavy atom. The van der Waals surface area contributed by atoms with E-state index in [0.717, 1.165) is 12.1 Å². The SMILES string of the molecule is O=C(/C=C/c1cccc([N+](=O)[O-])c1)Oc1ccc(Cl)cc1C(=O)O. The molecule has 0 atom stereocenters. The highest BCUT2D eigenvalue weighted by atomic mass is 35.5. The summed E-state index contributed by atoms with van der Waals surface area (Å²) in [6.07, 6.45) is 2.37. The number of aromatic carboxylic acids is 1. The number of carboxylic acids is 1. The molecule has 8 heteroatoms. The second kappa shape index (κ2) is 7.38. The fraction of sp³-hybridized carbons (Fsp3) is 0. The van der Waals surface area contributed by atoms with Crippen LogP contribution in [0.3, 0.4) is 0 Å². The van der Waals surface area contributed by atoms with E-state index in [9.17, 15) is 19.7 Å². The van der Waals surface area contributed by atoms with E-state index in [-0.39, 0.29) is 22.0 Å². The quantitative estimate of drug-likeness (QED) is 0.291. The zero-order valence-corrected chi connectivity index (χ0v) is 12.8. The van der Waals surface area contributed by atoms with Crippen LogP contribution in [0.4, 0.5) is 5.69 Å². The summed E-state index contributed by atoms with van der Waals surface area (Å²) in [5.74, 6) is -2.27. The zero-order valence-electron chi connectivity index (χ0n) is 12.0. The molecule has 0 spiro atoms. The maximum atomic E-state index is 11.8. The van der Waals surface area contributed by atoms with Gasteiger partial charge in [0.05, 0.1) is 4.92 Å². The molecule has 0 fully saturated rings. The third-order valence-corrected chi connectivity index (χ3v) is 3.11. The minimum atomic E-state index is -1.29. The van der Waals surface area contributed by atoms with Crippen LogP contribution in [0.5, 0.6) is 5.75 Å². The first-order chi connectivity index (χ1) is 11.4. The van der Waals surface area contributed by atoms with Gasteiger partial charge in [0, 0.05) is 23.2 Å². The lowest BCUT2D eigenvalue weighted by Gasteiger charge is -2.05. The Kier molecular flexibility index (Phi) is 5.28. The molecule has 0 heterocycles. The second-order valence-corrected chi connectivity index (χ2v) is 4.99. The second-order valence-electron chi connectivity index (χ2n) is 4.55. The summed E-state index contributed by atoms with van der Waals surface area (Å²) < 4.78 is 4.96. The smallest absolute Gasteiger partial charge is 0.339 e. The van der Waals surface area contributed by atoms with Gasteiger partial charge in [-0.3, -0.25) is 10.1 Å². The molecule has 0 saturated carbocycles. The van der Waals surface area contributed by atoms with Gasteiger partial charge in [0.25, 0.3) is 5.69 Å². The van der Waals surface area contributed by atoms with Gasteiger partial charge in [-0.25, -0.2) is 9.59 Å². The number of hydrogen-bond acceptors (Lipinski definition) is 5. The van der Waals surface area contributed by atoms with E-state index in [1.807, 2.05) is 0 Å². The van der Waals surface area contributed by atoms with Crippen LogP contribution in [-0.4, -0.2) is 22.0 Å². The standard InChI is InChI=1S/C16H10ClNO6/c17-11-5-6-14(13(9-11)16(20)21)24-15(19)7-4-10-2-1-3-12(8-10)18(22)23/h1-9H,(H,20,21)/b7-4+. The lowest BCUT2D eigenvalue weighted by Crippen LogP contribution is -2.08. The molecule has 0 bridgehead atoms. The minimum Gasteiger partial charge on any atom is -0.478 e. The summed E-state index contributed by atoms with van der Waals surface area (Å²) in [6.45, 7) is 0. The van der Waals surface area contributed by atoms with Crippen LogP contribution in [0.1, 0.15) is 15.9 Å². The number of nitro benzene ring substituents is 1. The van der Waals surface area contributed by atoms with Crippen LogP contribution < -0.4 is 4.74 Å². The highest BCUT2D eigenvalue weighted by molar-refractivity contribution is 6.31. The number of nitro groups is 1. The molecule has 0 radical (unpaired) electrons. The van der Waals surface area contributed by atoms with E-state index in [4.69, 9.17) is 21.4 Å². The first kappa shape index (κ1) is 17.2. The average Bonchev–Trinajstić information content (AvgIpc) is 2.54. The molecule has 0 aromatic heterocycles. The number of carboxylic acid groups (broad SMARTS) is 1. The van der Waals surface area contributed by atoms with Gasteiger partial charge >= 0.3 is 11.9 Å². The van der Waals surface area contributed by atoms with Gasteiger partial charge < -0.3 is 9.84 Å². The van der Waals surface area contributed by atoms with Crippen molar-refractivity contribution in [2.75, 3.05) is 0 Å². The lowest BCUT2D eigenvalue weighted by atomic mass is 10.2. The van der Waals surface area contributed by atoms with Gasteiger partial charge in [-0.1, -0.05) is 23.7 Å². The molecule has 2 aromatic rings. The Hall–Kier alpha value is -3.19. The largest absolute Gasteiger partial charge is 0.478 e. The topological polar surface area (TPSA) is 107 Å². The first-order valence-electron chi connectivity index (χ1n) is 6.54. The first-order valence-corrected chi connectivity index (χ1v) is 6.92. The molecule has 1 N–H and O–H groups in total. The zero-order chi connectivity index (χ0) is 17.7. The van der Waals surface area contributed by atoms with Crippen molar-refractivity contribution in [1.29, 1.82) is 0 Å². The Morgan fingerprint density at radius 3 is 2.62 bits per heavy atom. The Labute approximate surface area is 140 Å². The van der Waals surface area contributed by atoms with Crippen LogP contribution in [0.2, 0.25) is 5.02 Å². The molecular formula is C16H10ClNO6. The van der Waals surface area contributed by atoms with Gasteiger partial charge in [0.1, 0.15) is 11.3 Å². The molecule has 0 aliphatic heterocycles. The number of halogens is 1. The van der Waals surface area contributed by atoms with Gasteiger partial charge in [-0.15, -0.1) is 0 Å². The molecule has 2 rings (SSSR count). The van der Waals surface area contributed by atoms with E-state index >= 15 is 0 Å². The summed E-state index contributed by atoms with van der Waals surface area (Å²) in [6, 6.07) is 9.48. The number of esters is 1. The van der Waals surface area contributed by atoms with Crippen molar-refractivity contribution in [2.24, 2.45) is 0 Å². The third-order valence-electron chi connectivity index (χ3n) is 2.88. The Morgan fingerprint density at radius 1 is 1.21 bits per heavy atom. The monoisotopic (exact) mass is 347 g/mol. The number of nitrogens with zero attached hydrogens (tertiary/aromatic N) is 1. The summed E-state index contributed by atoms with van der Waals surface area (Å²) >= 11 is 5.71.